The van der Waals surface area contributed by atoms with E-state index >= 15 is 0 Å². The second kappa shape index (κ2) is 10.8. The number of guanidine groups is 1. The standard InChI is InChI=1S/C21H28ClN5O3/c1-3-23-21(25-10-9-24-20(28)19-5-4-12-30-19)26-16-8-11-27(14-16)17-13-15(22)6-7-18(17)29-2/h4-7,12-13,16H,3,8-11,14H2,1-2H3,(H,24,28)(H2,23,25,26). The number of anilines is 1. The molecular weight excluding hydrogens is 406 g/mol. The van der Waals surface area contributed by atoms with Gasteiger partial charge in [0.1, 0.15) is 5.75 Å². The molecule has 0 radical (unpaired) electrons. The number of methoxy groups -OCH3 is 1. The minimum atomic E-state index is -0.241. The van der Waals surface area contributed by atoms with E-state index in [9.17, 15) is 4.79 Å². The van der Waals surface area contributed by atoms with Crippen LogP contribution in [0.4, 0.5) is 5.69 Å². The maximum atomic E-state index is 11.9. The summed E-state index contributed by atoms with van der Waals surface area (Å²) < 4.78 is 10.6. The van der Waals surface area contributed by atoms with Crippen LogP contribution in [0.3, 0.4) is 0 Å². The normalized spacial score (nSPS) is 16.4. The lowest BCUT2D eigenvalue weighted by molar-refractivity contribution is 0.0927. The first-order valence-electron chi connectivity index (χ1n) is 10.1. The number of nitrogens with zero attached hydrogens (tertiary/aromatic N) is 2. The third-order valence-corrected chi connectivity index (χ3v) is 5.00. The van der Waals surface area contributed by atoms with Gasteiger partial charge in [-0.1, -0.05) is 11.6 Å². The van der Waals surface area contributed by atoms with Gasteiger partial charge in [0.05, 0.1) is 25.6 Å². The van der Waals surface area contributed by atoms with Gasteiger partial charge in [-0.2, -0.15) is 0 Å². The zero-order valence-corrected chi connectivity index (χ0v) is 18.0. The molecule has 0 bridgehead atoms. The van der Waals surface area contributed by atoms with Crippen molar-refractivity contribution in [3.05, 3.63) is 47.4 Å². The minimum absolute atomic E-state index is 0.240. The van der Waals surface area contributed by atoms with Crippen LogP contribution in [0, 0.1) is 0 Å². The smallest absolute Gasteiger partial charge is 0.287 e. The predicted molar refractivity (Wildman–Crippen MR) is 119 cm³/mol. The Balaban J connectivity index is 1.52. The van der Waals surface area contributed by atoms with E-state index in [1.54, 1.807) is 19.2 Å². The Morgan fingerprint density at radius 3 is 2.97 bits per heavy atom. The summed E-state index contributed by atoms with van der Waals surface area (Å²) in [5.41, 5.74) is 0.997. The topological polar surface area (TPSA) is 91.1 Å². The first-order valence-corrected chi connectivity index (χ1v) is 10.4. The van der Waals surface area contributed by atoms with E-state index in [2.05, 4.69) is 25.8 Å². The lowest BCUT2D eigenvalue weighted by atomic mass is 10.2. The van der Waals surface area contributed by atoms with Crippen LogP contribution in [-0.4, -0.2) is 57.7 Å². The van der Waals surface area contributed by atoms with Crippen molar-refractivity contribution >= 4 is 29.2 Å². The van der Waals surface area contributed by atoms with Crippen LogP contribution in [0.5, 0.6) is 5.75 Å². The molecule has 162 valence electrons. The first kappa shape index (κ1) is 21.8. The van der Waals surface area contributed by atoms with Crippen molar-refractivity contribution in [3.8, 4) is 5.75 Å². The number of amides is 1. The molecule has 1 aromatic heterocycles. The van der Waals surface area contributed by atoms with Gasteiger partial charge in [0.15, 0.2) is 11.7 Å². The number of rotatable bonds is 8. The average Bonchev–Trinajstić information content (AvgIpc) is 3.43. The van der Waals surface area contributed by atoms with Crippen molar-refractivity contribution in [1.29, 1.82) is 0 Å². The highest BCUT2D eigenvalue weighted by Crippen LogP contribution is 2.33. The Morgan fingerprint density at radius 1 is 1.37 bits per heavy atom. The van der Waals surface area contributed by atoms with Crippen molar-refractivity contribution in [2.75, 3.05) is 44.7 Å². The van der Waals surface area contributed by atoms with Gasteiger partial charge in [-0.3, -0.25) is 9.79 Å². The van der Waals surface area contributed by atoms with Crippen LogP contribution in [0.2, 0.25) is 5.02 Å². The van der Waals surface area contributed by atoms with E-state index in [1.807, 2.05) is 25.1 Å². The van der Waals surface area contributed by atoms with Gasteiger partial charge in [0.25, 0.3) is 5.91 Å². The predicted octanol–water partition coefficient (Wildman–Crippen LogP) is 2.51. The average molecular weight is 434 g/mol. The lowest BCUT2D eigenvalue weighted by Crippen LogP contribution is -2.45. The van der Waals surface area contributed by atoms with Crippen molar-refractivity contribution in [1.82, 2.24) is 16.0 Å². The second-order valence-corrected chi connectivity index (χ2v) is 7.32. The molecule has 0 saturated carbocycles. The van der Waals surface area contributed by atoms with Gasteiger partial charge in [-0.15, -0.1) is 0 Å². The molecular formula is C21H28ClN5O3. The van der Waals surface area contributed by atoms with E-state index in [0.717, 1.165) is 43.5 Å². The lowest BCUT2D eigenvalue weighted by Gasteiger charge is -2.22. The van der Waals surface area contributed by atoms with Crippen molar-refractivity contribution in [2.45, 2.75) is 19.4 Å². The highest BCUT2D eigenvalue weighted by atomic mass is 35.5. The fourth-order valence-corrected chi connectivity index (χ4v) is 3.52. The van der Waals surface area contributed by atoms with Gasteiger partial charge in [-0.25, -0.2) is 0 Å². The van der Waals surface area contributed by atoms with Crippen LogP contribution >= 0.6 is 11.6 Å². The molecule has 1 aliphatic heterocycles. The van der Waals surface area contributed by atoms with Crippen molar-refractivity contribution in [3.63, 3.8) is 0 Å². The quantitative estimate of drug-likeness (QED) is 0.336. The minimum Gasteiger partial charge on any atom is -0.495 e. The van der Waals surface area contributed by atoms with Crippen LogP contribution in [-0.2, 0) is 0 Å². The second-order valence-electron chi connectivity index (χ2n) is 6.89. The molecule has 1 unspecified atom stereocenters. The Morgan fingerprint density at radius 2 is 2.23 bits per heavy atom. The summed E-state index contributed by atoms with van der Waals surface area (Å²) in [5.74, 6) is 1.60. The van der Waals surface area contributed by atoms with Crippen LogP contribution < -0.4 is 25.6 Å². The molecule has 1 amide bonds. The maximum Gasteiger partial charge on any atom is 0.287 e. The maximum absolute atomic E-state index is 11.9. The summed E-state index contributed by atoms with van der Waals surface area (Å²) in [4.78, 5) is 18.7. The molecule has 1 aromatic carbocycles. The van der Waals surface area contributed by atoms with Gasteiger partial charge in [-0.05, 0) is 43.7 Å². The number of hydrogen-bond donors (Lipinski definition) is 3. The first-order chi connectivity index (χ1) is 14.6. The Hall–Kier alpha value is -2.87. The zero-order chi connectivity index (χ0) is 21.3. The van der Waals surface area contributed by atoms with Gasteiger partial charge < -0.3 is 30.0 Å². The number of carbonyl (C=O) groups excluding carboxylic acids is 1. The Labute approximate surface area is 181 Å². The van der Waals surface area contributed by atoms with Crippen LogP contribution in [0.25, 0.3) is 0 Å². The highest BCUT2D eigenvalue weighted by Gasteiger charge is 2.25. The molecule has 2 aromatic rings. The summed E-state index contributed by atoms with van der Waals surface area (Å²) in [6.45, 7) is 5.37. The Bertz CT molecular complexity index is 856. The number of hydrogen-bond acceptors (Lipinski definition) is 5. The molecule has 3 rings (SSSR count). The van der Waals surface area contributed by atoms with E-state index in [0.29, 0.717) is 23.9 Å². The highest BCUT2D eigenvalue weighted by molar-refractivity contribution is 6.30. The molecule has 1 aliphatic rings. The molecule has 1 saturated heterocycles. The molecule has 2 heterocycles. The fraction of sp³-hybridized carbons (Fsp3) is 0.429. The van der Waals surface area contributed by atoms with Crippen molar-refractivity contribution < 1.29 is 13.9 Å². The molecule has 0 aliphatic carbocycles. The largest absolute Gasteiger partial charge is 0.495 e. The van der Waals surface area contributed by atoms with Gasteiger partial charge >= 0.3 is 0 Å². The number of aliphatic imine (C=N–C) groups is 1. The number of benzene rings is 1. The summed E-state index contributed by atoms with van der Waals surface area (Å²) in [5, 5.41) is 10.2. The van der Waals surface area contributed by atoms with Gasteiger partial charge in [0, 0.05) is 37.2 Å². The molecule has 1 fully saturated rings. The number of carbonyl (C=O) groups is 1. The number of nitrogens with one attached hydrogen (secondary N) is 3. The molecule has 0 spiro atoms. The fourth-order valence-electron chi connectivity index (χ4n) is 3.35. The summed E-state index contributed by atoms with van der Waals surface area (Å²) >= 11 is 6.18. The zero-order valence-electron chi connectivity index (χ0n) is 17.3. The summed E-state index contributed by atoms with van der Waals surface area (Å²) in [7, 11) is 1.67. The van der Waals surface area contributed by atoms with Crippen molar-refractivity contribution in [2.24, 2.45) is 4.99 Å². The molecule has 30 heavy (non-hydrogen) atoms. The molecule has 9 heteroatoms. The SMILES string of the molecule is CCNC(=NCCNC(=O)c1ccco1)NC1CCN(c2cc(Cl)ccc2OC)C1. The summed E-state index contributed by atoms with van der Waals surface area (Å²) in [6.07, 6.45) is 2.44. The molecule has 1 atom stereocenters. The number of ether oxygens (including phenoxy) is 1. The molecule has 8 nitrogen and oxygen atoms in total. The van der Waals surface area contributed by atoms with E-state index in [1.165, 1.54) is 6.26 Å². The van der Waals surface area contributed by atoms with Crippen LogP contribution in [0.15, 0.2) is 46.0 Å². The monoisotopic (exact) mass is 433 g/mol. The number of furan rings is 1. The van der Waals surface area contributed by atoms with Gasteiger partial charge in [0.2, 0.25) is 0 Å². The third kappa shape index (κ3) is 5.82. The third-order valence-electron chi connectivity index (χ3n) is 4.77. The van der Waals surface area contributed by atoms with E-state index in [-0.39, 0.29) is 11.9 Å². The molecule has 3 N–H and O–H groups in total. The summed E-state index contributed by atoms with van der Waals surface area (Å²) in [6, 6.07) is 9.21. The van der Waals surface area contributed by atoms with E-state index < -0.39 is 0 Å². The Kier molecular flexibility index (Phi) is 7.84. The number of halogens is 1. The van der Waals surface area contributed by atoms with E-state index in [4.69, 9.17) is 20.8 Å². The van der Waals surface area contributed by atoms with Crippen LogP contribution in [0.1, 0.15) is 23.9 Å².